The molecule has 0 saturated heterocycles. The molecule has 13 rings (SSSR count). The highest BCUT2D eigenvalue weighted by atomic mass is 14.3. The summed E-state index contributed by atoms with van der Waals surface area (Å²) in [5, 5.41) is 20.7. The maximum atomic E-state index is 2.46. The molecule has 0 atom stereocenters. The van der Waals surface area contributed by atoms with Gasteiger partial charge in [-0.2, -0.15) is 0 Å². The molecule has 0 aliphatic rings. The van der Waals surface area contributed by atoms with Gasteiger partial charge in [0.2, 0.25) is 0 Å². The lowest BCUT2D eigenvalue weighted by Gasteiger charge is -2.22. The van der Waals surface area contributed by atoms with Gasteiger partial charge in [-0.3, -0.25) is 0 Å². The van der Waals surface area contributed by atoms with E-state index in [0.29, 0.717) is 0 Å². The highest BCUT2D eigenvalue weighted by Crippen LogP contribution is 2.51. The molecule has 0 heteroatoms. The summed E-state index contributed by atoms with van der Waals surface area (Å²) < 4.78 is 0. The van der Waals surface area contributed by atoms with Gasteiger partial charge in [0.05, 0.1) is 0 Å². The van der Waals surface area contributed by atoms with Crippen molar-refractivity contribution in [3.05, 3.63) is 206 Å². The van der Waals surface area contributed by atoms with Crippen molar-refractivity contribution < 1.29 is 0 Å². The van der Waals surface area contributed by atoms with Gasteiger partial charge in [0, 0.05) is 0 Å². The van der Waals surface area contributed by atoms with Crippen LogP contribution in [0, 0.1) is 0 Å². The lowest BCUT2D eigenvalue weighted by atomic mass is 9.80. The Balaban J connectivity index is 1.23. The fraction of sp³-hybridized carbons (Fsp3) is 0. The Morgan fingerprint density at radius 3 is 0.966 bits per heavy atom. The molecule has 0 aliphatic heterocycles. The van der Waals surface area contributed by atoms with Crippen LogP contribution in [0.2, 0.25) is 0 Å². The van der Waals surface area contributed by atoms with E-state index in [1.165, 1.54) is 131 Å². The molecular weight excluding hydrogens is 697 g/mol. The van der Waals surface area contributed by atoms with E-state index in [9.17, 15) is 0 Å². The minimum Gasteiger partial charge on any atom is -0.0622 e. The summed E-state index contributed by atoms with van der Waals surface area (Å²) >= 11 is 0. The molecule has 13 aromatic carbocycles. The first-order valence-electron chi connectivity index (χ1n) is 20.2. The first-order valence-corrected chi connectivity index (χ1v) is 20.2. The molecule has 0 aromatic heterocycles. The molecule has 0 spiro atoms. The van der Waals surface area contributed by atoms with Crippen molar-refractivity contribution in [1.82, 2.24) is 0 Å². The van der Waals surface area contributed by atoms with Crippen LogP contribution in [-0.4, -0.2) is 0 Å². The van der Waals surface area contributed by atoms with Crippen LogP contribution >= 0.6 is 0 Å². The van der Waals surface area contributed by atoms with Gasteiger partial charge in [0.15, 0.2) is 0 Å². The van der Waals surface area contributed by atoms with Crippen LogP contribution in [0.1, 0.15) is 0 Å². The van der Waals surface area contributed by atoms with Crippen LogP contribution < -0.4 is 0 Å². The lowest BCUT2D eigenvalue weighted by Crippen LogP contribution is -1.95. The third-order valence-electron chi connectivity index (χ3n) is 12.9. The van der Waals surface area contributed by atoms with Gasteiger partial charge in [-0.15, -0.1) is 0 Å². The minimum absolute atomic E-state index is 1.21. The smallest absolute Gasteiger partial charge is 0.00197 e. The summed E-state index contributed by atoms with van der Waals surface area (Å²) in [7, 11) is 0. The first kappa shape index (κ1) is 31.6. The van der Waals surface area contributed by atoms with Crippen LogP contribution in [0.25, 0.3) is 131 Å². The molecule has 0 heterocycles. The number of benzene rings is 13. The Labute approximate surface area is 335 Å². The summed E-state index contributed by atoms with van der Waals surface area (Å²) in [6.45, 7) is 0. The van der Waals surface area contributed by atoms with Gasteiger partial charge in [-0.25, -0.2) is 0 Å². The van der Waals surface area contributed by atoms with Crippen molar-refractivity contribution in [1.29, 1.82) is 0 Å². The SMILES string of the molecule is c1ccc(-c2ccc3c(-c4ccc5ccc6cccc7ccc4c5c67)c4ccc(-c5ccccc5)cc4c(-c4ccc5ccc6cccc7ccc4c5c67)c3c2)cc1. The van der Waals surface area contributed by atoms with Crippen molar-refractivity contribution in [2.75, 3.05) is 0 Å². The van der Waals surface area contributed by atoms with E-state index in [4.69, 9.17) is 0 Å². The van der Waals surface area contributed by atoms with Gasteiger partial charge >= 0.3 is 0 Å². The summed E-state index contributed by atoms with van der Waals surface area (Å²) in [4.78, 5) is 0. The van der Waals surface area contributed by atoms with Crippen molar-refractivity contribution in [3.63, 3.8) is 0 Å². The Morgan fingerprint density at radius 2 is 0.534 bits per heavy atom. The van der Waals surface area contributed by atoms with Crippen molar-refractivity contribution >= 4 is 86.2 Å². The fourth-order valence-corrected chi connectivity index (χ4v) is 10.3. The van der Waals surface area contributed by atoms with Crippen LogP contribution in [0.5, 0.6) is 0 Å². The van der Waals surface area contributed by atoms with E-state index in [1.54, 1.807) is 0 Å². The van der Waals surface area contributed by atoms with Crippen LogP contribution in [0.15, 0.2) is 206 Å². The van der Waals surface area contributed by atoms with Gasteiger partial charge < -0.3 is 0 Å². The molecule has 58 heavy (non-hydrogen) atoms. The molecular formula is C58H34. The van der Waals surface area contributed by atoms with E-state index in [0.717, 1.165) is 0 Å². The minimum atomic E-state index is 1.21. The molecule has 0 amide bonds. The first-order chi connectivity index (χ1) is 28.8. The average molecular weight is 731 g/mol. The summed E-state index contributed by atoms with van der Waals surface area (Å²) in [6.07, 6.45) is 0. The zero-order chi connectivity index (χ0) is 37.9. The van der Waals surface area contributed by atoms with Crippen LogP contribution in [0.3, 0.4) is 0 Å². The van der Waals surface area contributed by atoms with Gasteiger partial charge in [-0.05, 0) is 143 Å². The lowest BCUT2D eigenvalue weighted by molar-refractivity contribution is 1.63. The predicted molar refractivity (Wildman–Crippen MR) is 251 cm³/mol. The van der Waals surface area contributed by atoms with Crippen LogP contribution in [0.4, 0.5) is 0 Å². The molecule has 0 bridgehead atoms. The topological polar surface area (TPSA) is 0 Å². The van der Waals surface area contributed by atoms with Gasteiger partial charge in [0.1, 0.15) is 0 Å². The molecule has 0 unspecified atom stereocenters. The zero-order valence-electron chi connectivity index (χ0n) is 31.6. The van der Waals surface area contributed by atoms with E-state index in [-0.39, 0.29) is 0 Å². The molecule has 13 aromatic rings. The summed E-state index contributed by atoms with van der Waals surface area (Å²) in [5.41, 5.74) is 9.95. The molecule has 266 valence electrons. The zero-order valence-corrected chi connectivity index (χ0v) is 31.6. The number of hydrogen-bond donors (Lipinski definition) is 0. The van der Waals surface area contributed by atoms with E-state index < -0.39 is 0 Å². The second-order valence-corrected chi connectivity index (χ2v) is 15.9. The quantitative estimate of drug-likeness (QED) is 0.125. The van der Waals surface area contributed by atoms with Crippen molar-refractivity contribution in [3.8, 4) is 44.5 Å². The third kappa shape index (κ3) is 4.46. The summed E-state index contributed by atoms with van der Waals surface area (Å²) in [5.74, 6) is 0. The predicted octanol–water partition coefficient (Wildman–Crippen LogP) is 16.5. The monoisotopic (exact) mass is 730 g/mol. The standard InChI is InChI=1S/C58H34/c1-3-9-35(10-4-1)43-25-31-49-51(33-43)58(48-30-24-42-20-18-38-14-8-16-40-22-28-46(48)56(42)54(38)40)52-34-44(36-11-5-2-6-12-36)26-32-50(52)57(49)47-29-23-41-19-17-37-13-7-15-39-21-27-45(47)55(41)53(37)39/h1-34H. The fourth-order valence-electron chi connectivity index (χ4n) is 10.3. The Morgan fingerprint density at radius 1 is 0.190 bits per heavy atom. The van der Waals surface area contributed by atoms with Gasteiger partial charge in [0.25, 0.3) is 0 Å². The maximum absolute atomic E-state index is 2.46. The molecule has 0 N–H and O–H groups in total. The van der Waals surface area contributed by atoms with E-state index in [2.05, 4.69) is 206 Å². The van der Waals surface area contributed by atoms with Crippen molar-refractivity contribution in [2.45, 2.75) is 0 Å². The van der Waals surface area contributed by atoms with Crippen molar-refractivity contribution in [2.24, 2.45) is 0 Å². The van der Waals surface area contributed by atoms with Gasteiger partial charge in [-0.1, -0.05) is 194 Å². The third-order valence-corrected chi connectivity index (χ3v) is 12.9. The second kappa shape index (κ2) is 12.0. The summed E-state index contributed by atoms with van der Waals surface area (Å²) in [6, 6.07) is 77.4. The molecule has 0 aliphatic carbocycles. The molecule has 0 saturated carbocycles. The van der Waals surface area contributed by atoms with E-state index in [1.807, 2.05) is 0 Å². The number of rotatable bonds is 4. The normalized spacial score (nSPS) is 12.1. The Bertz CT molecular complexity index is 3630. The average Bonchev–Trinajstić information content (AvgIpc) is 3.29. The number of hydrogen-bond acceptors (Lipinski definition) is 0. The highest BCUT2D eigenvalue weighted by Gasteiger charge is 2.23. The number of fused-ring (bicyclic) bond motifs is 2. The second-order valence-electron chi connectivity index (χ2n) is 15.9. The Hall–Kier alpha value is -7.54. The van der Waals surface area contributed by atoms with Crippen LogP contribution in [-0.2, 0) is 0 Å². The highest BCUT2D eigenvalue weighted by molar-refractivity contribution is 6.32. The maximum Gasteiger partial charge on any atom is -0.00197 e. The Kier molecular flexibility index (Phi) is 6.54. The molecule has 0 nitrogen and oxygen atoms in total. The largest absolute Gasteiger partial charge is 0.0622 e. The van der Waals surface area contributed by atoms with E-state index >= 15 is 0 Å². The molecule has 0 radical (unpaired) electrons. The molecule has 0 fully saturated rings.